The van der Waals surface area contributed by atoms with Gasteiger partial charge in [0.1, 0.15) is 11.3 Å². The molecule has 0 radical (unpaired) electrons. The van der Waals surface area contributed by atoms with Gasteiger partial charge in [0.15, 0.2) is 5.13 Å². The second-order valence-corrected chi connectivity index (χ2v) is 9.31. The predicted octanol–water partition coefficient (Wildman–Crippen LogP) is 4.79. The predicted molar refractivity (Wildman–Crippen MR) is 122 cm³/mol. The van der Waals surface area contributed by atoms with Crippen molar-refractivity contribution in [3.8, 4) is 5.75 Å². The smallest absolute Gasteiger partial charge is 0.223 e. The van der Waals surface area contributed by atoms with Crippen LogP contribution in [0.2, 0.25) is 5.02 Å². The van der Waals surface area contributed by atoms with E-state index in [1.807, 2.05) is 47.4 Å². The Kier molecular flexibility index (Phi) is 6.47. The fraction of sp³-hybridized carbons (Fsp3) is 0.333. The summed E-state index contributed by atoms with van der Waals surface area (Å²) in [6.45, 7) is 3.06. The number of ether oxygens (including phenoxy) is 1. The lowest BCUT2D eigenvalue weighted by Crippen LogP contribution is -2.48. The summed E-state index contributed by atoms with van der Waals surface area (Å²) in [5.74, 6) is 1.85. The molecule has 4 rings (SSSR count). The third-order valence-corrected chi connectivity index (χ3v) is 7.31. The molecule has 29 heavy (non-hydrogen) atoms. The van der Waals surface area contributed by atoms with Crippen LogP contribution < -0.4 is 9.64 Å². The largest absolute Gasteiger partial charge is 0.497 e. The molecule has 0 aliphatic carbocycles. The molecule has 152 valence electrons. The van der Waals surface area contributed by atoms with Gasteiger partial charge in [-0.05, 0) is 36.4 Å². The lowest BCUT2D eigenvalue weighted by molar-refractivity contribution is -0.131. The van der Waals surface area contributed by atoms with Crippen LogP contribution in [0.3, 0.4) is 0 Å². The first kappa shape index (κ1) is 20.3. The van der Waals surface area contributed by atoms with E-state index in [0.29, 0.717) is 11.4 Å². The molecular weight excluding hydrogens is 426 g/mol. The molecule has 0 bridgehead atoms. The first-order valence-corrected chi connectivity index (χ1v) is 11.7. The first-order chi connectivity index (χ1) is 14.1. The summed E-state index contributed by atoms with van der Waals surface area (Å²) in [5, 5.41) is 1.67. The highest BCUT2D eigenvalue weighted by molar-refractivity contribution is 7.99. The number of halogens is 1. The average Bonchev–Trinajstić information content (AvgIpc) is 3.20. The van der Waals surface area contributed by atoms with E-state index in [-0.39, 0.29) is 5.91 Å². The van der Waals surface area contributed by atoms with E-state index >= 15 is 0 Å². The third-order valence-electron chi connectivity index (χ3n) is 4.91. The summed E-state index contributed by atoms with van der Waals surface area (Å²) in [4.78, 5) is 22.6. The van der Waals surface area contributed by atoms with Gasteiger partial charge >= 0.3 is 0 Å². The Bertz CT molecular complexity index is 985. The molecule has 3 aromatic rings. The number of methoxy groups -OCH3 is 1. The second kappa shape index (κ2) is 9.24. The number of benzene rings is 2. The van der Waals surface area contributed by atoms with Crippen LogP contribution in [0, 0.1) is 0 Å². The molecule has 2 aromatic carbocycles. The van der Waals surface area contributed by atoms with Gasteiger partial charge in [0, 0.05) is 43.2 Å². The van der Waals surface area contributed by atoms with Gasteiger partial charge in [0.2, 0.25) is 5.91 Å². The van der Waals surface area contributed by atoms with Crippen LogP contribution in [0.4, 0.5) is 5.13 Å². The number of fused-ring (bicyclic) bond motifs is 1. The Morgan fingerprint density at radius 2 is 1.93 bits per heavy atom. The maximum atomic E-state index is 12.6. The molecular formula is C21H22ClN3O2S2. The molecule has 1 saturated heterocycles. The average molecular weight is 448 g/mol. The van der Waals surface area contributed by atoms with Gasteiger partial charge in [-0.1, -0.05) is 29.0 Å². The van der Waals surface area contributed by atoms with Crippen LogP contribution in [0.1, 0.15) is 6.42 Å². The fourth-order valence-electron chi connectivity index (χ4n) is 3.27. The molecule has 0 saturated carbocycles. The number of thioether (sulfide) groups is 1. The lowest BCUT2D eigenvalue weighted by Gasteiger charge is -2.34. The first-order valence-electron chi connectivity index (χ1n) is 9.48. The zero-order valence-electron chi connectivity index (χ0n) is 16.1. The van der Waals surface area contributed by atoms with Crippen LogP contribution >= 0.6 is 34.7 Å². The number of carbonyl (C=O) groups is 1. The molecule has 2 heterocycles. The molecule has 1 aliphatic rings. The number of aromatic nitrogens is 1. The Balaban J connectivity index is 1.26. The third kappa shape index (κ3) is 4.79. The summed E-state index contributed by atoms with van der Waals surface area (Å²) in [6, 6.07) is 13.8. The minimum atomic E-state index is 0.220. The molecule has 0 spiro atoms. The van der Waals surface area contributed by atoms with Gasteiger partial charge in [0.05, 0.1) is 16.8 Å². The minimum Gasteiger partial charge on any atom is -0.497 e. The Morgan fingerprint density at radius 3 is 2.62 bits per heavy atom. The topological polar surface area (TPSA) is 45.7 Å². The molecule has 1 aliphatic heterocycles. The van der Waals surface area contributed by atoms with E-state index in [0.717, 1.165) is 57.9 Å². The summed E-state index contributed by atoms with van der Waals surface area (Å²) in [7, 11) is 1.66. The van der Waals surface area contributed by atoms with E-state index in [9.17, 15) is 4.79 Å². The molecule has 1 aromatic heterocycles. The Labute approximate surface area is 183 Å². The number of carbonyl (C=O) groups excluding carboxylic acids is 1. The van der Waals surface area contributed by atoms with Gasteiger partial charge in [-0.2, -0.15) is 0 Å². The van der Waals surface area contributed by atoms with Crippen LogP contribution in [-0.2, 0) is 4.79 Å². The molecule has 1 fully saturated rings. The van der Waals surface area contributed by atoms with E-state index in [2.05, 4.69) is 4.90 Å². The number of para-hydroxylation sites is 1. The fourth-order valence-corrected chi connectivity index (χ4v) is 5.43. The van der Waals surface area contributed by atoms with E-state index in [1.54, 1.807) is 30.2 Å². The Morgan fingerprint density at radius 1 is 1.17 bits per heavy atom. The van der Waals surface area contributed by atoms with Crippen LogP contribution in [-0.4, -0.2) is 54.8 Å². The summed E-state index contributed by atoms with van der Waals surface area (Å²) >= 11 is 9.60. The van der Waals surface area contributed by atoms with Crippen molar-refractivity contribution in [2.45, 2.75) is 11.3 Å². The summed E-state index contributed by atoms with van der Waals surface area (Å²) in [6.07, 6.45) is 0.549. The lowest BCUT2D eigenvalue weighted by atomic mass is 10.3. The zero-order valence-corrected chi connectivity index (χ0v) is 18.5. The molecule has 0 N–H and O–H groups in total. The summed E-state index contributed by atoms with van der Waals surface area (Å²) in [5.41, 5.74) is 0.864. The van der Waals surface area contributed by atoms with Gasteiger partial charge in [-0.3, -0.25) is 4.79 Å². The summed E-state index contributed by atoms with van der Waals surface area (Å²) < 4.78 is 6.27. The highest BCUT2D eigenvalue weighted by Crippen LogP contribution is 2.33. The maximum Gasteiger partial charge on any atom is 0.223 e. The van der Waals surface area contributed by atoms with Gasteiger partial charge in [-0.15, -0.1) is 11.8 Å². The number of rotatable bonds is 6. The van der Waals surface area contributed by atoms with Gasteiger partial charge in [0.25, 0.3) is 0 Å². The van der Waals surface area contributed by atoms with Crippen molar-refractivity contribution in [2.24, 2.45) is 0 Å². The number of anilines is 1. The van der Waals surface area contributed by atoms with Gasteiger partial charge < -0.3 is 14.5 Å². The zero-order chi connectivity index (χ0) is 20.2. The molecule has 1 amide bonds. The number of nitrogens with zero attached hydrogens (tertiary/aromatic N) is 3. The van der Waals surface area contributed by atoms with Gasteiger partial charge in [-0.25, -0.2) is 4.98 Å². The normalized spacial score (nSPS) is 14.4. The number of piperazine rings is 1. The highest BCUT2D eigenvalue weighted by Gasteiger charge is 2.23. The highest BCUT2D eigenvalue weighted by atomic mass is 35.5. The van der Waals surface area contributed by atoms with Crippen molar-refractivity contribution >= 4 is 56.0 Å². The van der Waals surface area contributed by atoms with E-state index in [1.165, 1.54) is 0 Å². The van der Waals surface area contributed by atoms with Crippen molar-refractivity contribution in [1.82, 2.24) is 9.88 Å². The SMILES string of the molecule is COc1ccc(SCCC(=O)N2CCN(c3nc4c(Cl)cccc4s3)CC2)cc1. The van der Waals surface area contributed by atoms with Crippen molar-refractivity contribution in [2.75, 3.05) is 43.9 Å². The van der Waals surface area contributed by atoms with Crippen molar-refractivity contribution in [3.05, 3.63) is 47.5 Å². The number of amides is 1. The van der Waals surface area contributed by atoms with Crippen LogP contribution in [0.5, 0.6) is 5.75 Å². The number of hydrogen-bond acceptors (Lipinski definition) is 6. The quantitative estimate of drug-likeness (QED) is 0.508. The minimum absolute atomic E-state index is 0.220. The number of thiazole rings is 1. The van der Waals surface area contributed by atoms with Crippen LogP contribution in [0.15, 0.2) is 47.4 Å². The van der Waals surface area contributed by atoms with Crippen molar-refractivity contribution < 1.29 is 9.53 Å². The van der Waals surface area contributed by atoms with Crippen LogP contribution in [0.25, 0.3) is 10.2 Å². The number of hydrogen-bond donors (Lipinski definition) is 0. The standard InChI is InChI=1S/C21H22ClN3O2S2/c1-27-15-5-7-16(8-6-15)28-14-9-19(26)24-10-12-25(13-11-24)21-23-20-17(22)3-2-4-18(20)29-21/h2-8H,9-14H2,1H3. The van der Waals surface area contributed by atoms with Crippen molar-refractivity contribution in [3.63, 3.8) is 0 Å². The monoisotopic (exact) mass is 447 g/mol. The van der Waals surface area contributed by atoms with Crippen molar-refractivity contribution in [1.29, 1.82) is 0 Å². The molecule has 8 heteroatoms. The molecule has 5 nitrogen and oxygen atoms in total. The Hall–Kier alpha value is -1.96. The van der Waals surface area contributed by atoms with E-state index < -0.39 is 0 Å². The second-order valence-electron chi connectivity index (χ2n) is 6.72. The van der Waals surface area contributed by atoms with E-state index in [4.69, 9.17) is 21.3 Å². The molecule has 0 atom stereocenters. The maximum absolute atomic E-state index is 12.6. The molecule has 0 unspecified atom stereocenters.